The second kappa shape index (κ2) is 13.2. The third-order valence-electron chi connectivity index (χ3n) is 7.91. The molecule has 0 amide bonds. The van der Waals surface area contributed by atoms with E-state index < -0.39 is 22.0 Å². The SMILES string of the molecule is C[C@H](CO)N1C[C@H](C)[C@H](CN(C)Cc2ccc(C(=O)O)cc2)Oc2cc(C#CCC3CCCC3)ccc2S1(=O)=O. The van der Waals surface area contributed by atoms with E-state index in [-0.39, 0.29) is 41.4 Å². The Labute approximate surface area is 238 Å². The van der Waals surface area contributed by atoms with Crippen LogP contribution in [-0.2, 0) is 16.6 Å². The summed E-state index contributed by atoms with van der Waals surface area (Å²) in [5.41, 5.74) is 1.92. The number of rotatable bonds is 8. The first kappa shape index (κ1) is 30.1. The van der Waals surface area contributed by atoms with Crippen LogP contribution in [0.3, 0.4) is 0 Å². The molecule has 1 aliphatic carbocycles. The molecule has 2 aliphatic rings. The molecule has 0 spiro atoms. The summed E-state index contributed by atoms with van der Waals surface area (Å²) in [5.74, 6) is 6.27. The molecule has 0 radical (unpaired) electrons. The molecule has 1 saturated carbocycles. The molecule has 1 fully saturated rings. The van der Waals surface area contributed by atoms with E-state index in [9.17, 15) is 18.3 Å². The van der Waals surface area contributed by atoms with Gasteiger partial charge in [-0.25, -0.2) is 13.2 Å². The average Bonchev–Trinajstić information content (AvgIpc) is 3.44. The first-order valence-electron chi connectivity index (χ1n) is 14.0. The molecule has 3 atom stereocenters. The summed E-state index contributed by atoms with van der Waals surface area (Å²) in [6.07, 6.45) is 5.47. The molecule has 0 unspecified atom stereocenters. The fraction of sp³-hybridized carbons (Fsp3) is 0.516. The van der Waals surface area contributed by atoms with Crippen molar-refractivity contribution in [2.45, 2.75) is 69.5 Å². The number of carbonyl (C=O) groups is 1. The maximum atomic E-state index is 13.7. The lowest BCUT2D eigenvalue weighted by molar-refractivity contribution is 0.0697. The number of aliphatic hydroxyl groups is 1. The number of hydrogen-bond acceptors (Lipinski definition) is 6. The van der Waals surface area contributed by atoms with E-state index in [4.69, 9.17) is 9.84 Å². The Hall–Kier alpha value is -2.90. The number of likely N-dealkylation sites (N-methyl/N-ethyl adjacent to an activating group) is 1. The average molecular weight is 569 g/mol. The smallest absolute Gasteiger partial charge is 0.335 e. The van der Waals surface area contributed by atoms with Gasteiger partial charge in [0, 0.05) is 43.6 Å². The van der Waals surface area contributed by atoms with Crippen LogP contribution in [0, 0.1) is 23.7 Å². The maximum absolute atomic E-state index is 13.7. The molecule has 2 aromatic carbocycles. The largest absolute Gasteiger partial charge is 0.487 e. The van der Waals surface area contributed by atoms with Crippen molar-refractivity contribution in [1.29, 1.82) is 0 Å². The number of sulfonamides is 1. The van der Waals surface area contributed by atoms with Gasteiger partial charge >= 0.3 is 5.97 Å². The molecule has 2 N–H and O–H groups in total. The van der Waals surface area contributed by atoms with Gasteiger partial charge in [0.1, 0.15) is 16.7 Å². The molecule has 1 aliphatic heterocycles. The van der Waals surface area contributed by atoms with Gasteiger partial charge in [-0.2, -0.15) is 4.31 Å². The van der Waals surface area contributed by atoms with Gasteiger partial charge in [-0.3, -0.25) is 4.90 Å². The minimum atomic E-state index is -3.91. The van der Waals surface area contributed by atoms with Gasteiger partial charge in [0.2, 0.25) is 10.0 Å². The third-order valence-corrected chi connectivity index (χ3v) is 9.93. The van der Waals surface area contributed by atoms with Crippen LogP contribution in [0.15, 0.2) is 47.4 Å². The summed E-state index contributed by atoms with van der Waals surface area (Å²) in [5, 5.41) is 19.0. The summed E-state index contributed by atoms with van der Waals surface area (Å²) < 4.78 is 35.3. The Morgan fingerprint density at radius 3 is 2.52 bits per heavy atom. The van der Waals surface area contributed by atoms with Crippen LogP contribution in [0.25, 0.3) is 0 Å². The Kier molecular flexibility index (Phi) is 9.90. The van der Waals surface area contributed by atoms with Crippen LogP contribution in [0.5, 0.6) is 5.75 Å². The molecular formula is C31H40N2O6S. The maximum Gasteiger partial charge on any atom is 0.335 e. The van der Waals surface area contributed by atoms with Crippen molar-refractivity contribution in [3.8, 4) is 17.6 Å². The standard InChI is InChI=1S/C31H40N2O6S/c1-22-18-33(23(2)21-34)40(37,38)30-16-13-25(10-6-9-24-7-4-5-8-24)17-28(30)39-29(22)20-32(3)19-26-11-14-27(15-12-26)31(35)36/h11-17,22-24,29,34H,4-5,7-9,18-21H2,1-3H3,(H,35,36)/t22-,23+,29-/m0/s1. The lowest BCUT2D eigenvalue weighted by Gasteiger charge is -2.37. The lowest BCUT2D eigenvalue weighted by Crippen LogP contribution is -2.49. The predicted molar refractivity (Wildman–Crippen MR) is 154 cm³/mol. The molecule has 9 heteroatoms. The number of carboxylic acids is 1. The second-order valence-corrected chi connectivity index (χ2v) is 13.1. The van der Waals surface area contributed by atoms with E-state index in [0.29, 0.717) is 24.6 Å². The Bertz CT molecular complexity index is 1340. The zero-order chi connectivity index (χ0) is 28.9. The predicted octanol–water partition coefficient (Wildman–Crippen LogP) is 4.22. The molecule has 0 aromatic heterocycles. The number of nitrogens with zero attached hydrogens (tertiary/aromatic N) is 2. The molecule has 1 heterocycles. The summed E-state index contributed by atoms with van der Waals surface area (Å²) in [7, 11) is -1.96. The van der Waals surface area contributed by atoms with Gasteiger partial charge in [0.25, 0.3) is 0 Å². The van der Waals surface area contributed by atoms with Gasteiger partial charge < -0.3 is 14.9 Å². The summed E-state index contributed by atoms with van der Waals surface area (Å²) >= 11 is 0. The lowest BCUT2D eigenvalue weighted by atomic mass is 10.0. The second-order valence-electron chi connectivity index (χ2n) is 11.3. The number of aliphatic hydroxyl groups excluding tert-OH is 1. The van der Waals surface area contributed by atoms with Crippen molar-refractivity contribution in [2.24, 2.45) is 11.8 Å². The molecule has 40 heavy (non-hydrogen) atoms. The molecular weight excluding hydrogens is 528 g/mol. The fourth-order valence-corrected chi connectivity index (χ4v) is 7.30. The van der Waals surface area contributed by atoms with E-state index in [1.54, 1.807) is 49.4 Å². The van der Waals surface area contributed by atoms with Crippen molar-refractivity contribution >= 4 is 16.0 Å². The monoisotopic (exact) mass is 568 g/mol. The normalized spacial score (nSPS) is 21.9. The topological polar surface area (TPSA) is 107 Å². The van der Waals surface area contributed by atoms with Crippen molar-refractivity contribution in [3.63, 3.8) is 0 Å². The highest BCUT2D eigenvalue weighted by molar-refractivity contribution is 7.89. The van der Waals surface area contributed by atoms with Gasteiger partial charge in [0.05, 0.1) is 12.2 Å². The quantitative estimate of drug-likeness (QED) is 0.459. The van der Waals surface area contributed by atoms with E-state index in [1.165, 1.54) is 30.0 Å². The zero-order valence-corrected chi connectivity index (χ0v) is 24.4. The van der Waals surface area contributed by atoms with Crippen molar-refractivity contribution in [2.75, 3.05) is 26.7 Å². The van der Waals surface area contributed by atoms with Crippen LogP contribution in [0.2, 0.25) is 0 Å². The molecule has 8 nitrogen and oxygen atoms in total. The number of carboxylic acid groups (broad SMARTS) is 1. The summed E-state index contributed by atoms with van der Waals surface area (Å²) in [6, 6.07) is 11.2. The first-order valence-corrected chi connectivity index (χ1v) is 15.5. The molecule has 2 aromatic rings. The Balaban J connectivity index is 1.60. The van der Waals surface area contributed by atoms with E-state index >= 15 is 0 Å². The van der Waals surface area contributed by atoms with E-state index in [1.807, 2.05) is 14.0 Å². The first-order chi connectivity index (χ1) is 19.1. The molecule has 0 saturated heterocycles. The number of benzene rings is 2. The van der Waals surface area contributed by atoms with Crippen molar-refractivity contribution in [3.05, 3.63) is 59.2 Å². The zero-order valence-electron chi connectivity index (χ0n) is 23.5. The number of fused-ring (bicyclic) bond motifs is 1. The third kappa shape index (κ3) is 7.24. The molecule has 0 bridgehead atoms. The van der Waals surface area contributed by atoms with Gasteiger partial charge in [-0.1, -0.05) is 43.7 Å². The highest BCUT2D eigenvalue weighted by Crippen LogP contribution is 2.34. The van der Waals surface area contributed by atoms with E-state index in [0.717, 1.165) is 12.0 Å². The summed E-state index contributed by atoms with van der Waals surface area (Å²) in [6.45, 7) is 4.67. The van der Waals surface area contributed by atoms with Gasteiger partial charge in [-0.15, -0.1) is 0 Å². The van der Waals surface area contributed by atoms with Crippen molar-refractivity contribution in [1.82, 2.24) is 9.21 Å². The minimum absolute atomic E-state index is 0.0814. The van der Waals surface area contributed by atoms with Crippen LogP contribution in [-0.4, -0.2) is 72.7 Å². The number of aromatic carboxylic acids is 1. The highest BCUT2D eigenvalue weighted by atomic mass is 32.2. The van der Waals surface area contributed by atoms with Gasteiger partial charge in [0.15, 0.2) is 0 Å². The van der Waals surface area contributed by atoms with Crippen LogP contribution in [0.1, 0.15) is 67.4 Å². The highest BCUT2D eigenvalue weighted by Gasteiger charge is 2.38. The molecule has 4 rings (SSSR count). The number of hydrogen-bond donors (Lipinski definition) is 2. The van der Waals surface area contributed by atoms with Crippen molar-refractivity contribution < 1.29 is 28.2 Å². The Morgan fingerprint density at radius 2 is 1.88 bits per heavy atom. The van der Waals surface area contributed by atoms with E-state index in [2.05, 4.69) is 16.7 Å². The molecule has 216 valence electrons. The number of ether oxygens (including phenoxy) is 1. The Morgan fingerprint density at radius 1 is 1.18 bits per heavy atom. The van der Waals surface area contributed by atoms with Crippen LogP contribution >= 0.6 is 0 Å². The summed E-state index contributed by atoms with van der Waals surface area (Å²) in [4.78, 5) is 13.3. The van der Waals surface area contributed by atoms with Crippen LogP contribution in [0.4, 0.5) is 0 Å². The fourth-order valence-electron chi connectivity index (χ4n) is 5.47. The minimum Gasteiger partial charge on any atom is -0.487 e. The van der Waals surface area contributed by atoms with Crippen LogP contribution < -0.4 is 4.74 Å². The van der Waals surface area contributed by atoms with Gasteiger partial charge in [-0.05, 0) is 68.6 Å².